The van der Waals surface area contributed by atoms with E-state index in [0.29, 0.717) is 48.6 Å². The van der Waals surface area contributed by atoms with E-state index in [2.05, 4.69) is 4.99 Å². The second kappa shape index (κ2) is 10.4. The van der Waals surface area contributed by atoms with Crippen LogP contribution < -0.4 is 19.6 Å². The van der Waals surface area contributed by atoms with Crippen LogP contribution in [0.25, 0.3) is 6.08 Å². The lowest BCUT2D eigenvalue weighted by molar-refractivity contribution is -0.143. The van der Waals surface area contributed by atoms with Gasteiger partial charge in [0.2, 0.25) is 0 Å². The predicted octanol–water partition coefficient (Wildman–Crippen LogP) is 4.89. The molecule has 9 heteroatoms. The zero-order valence-electron chi connectivity index (χ0n) is 19.7. The number of halogens is 2. The Balaban J connectivity index is 1.93. The van der Waals surface area contributed by atoms with Crippen LogP contribution in [0.2, 0.25) is 10.0 Å². The average Bonchev–Trinajstić information content (AvgIpc) is 3.10. The first-order chi connectivity index (χ1) is 16.7. The fraction of sp³-hybridized carbons (Fsp3) is 0.269. The van der Waals surface area contributed by atoms with Crippen molar-refractivity contribution in [1.82, 2.24) is 4.57 Å². The maximum atomic E-state index is 13.7. The molecule has 0 bridgehead atoms. The number of hydrogen-bond donors (Lipinski definition) is 0. The van der Waals surface area contributed by atoms with Crippen LogP contribution in [0.3, 0.4) is 0 Å². The minimum Gasteiger partial charge on any atom is -0.494 e. The van der Waals surface area contributed by atoms with Crippen molar-refractivity contribution >= 4 is 46.6 Å². The number of ether oxygens (including phenoxy) is 2. The number of rotatable bonds is 6. The smallest absolute Gasteiger partial charge is 0.338 e. The van der Waals surface area contributed by atoms with Crippen molar-refractivity contribution in [2.24, 2.45) is 4.99 Å². The quantitative estimate of drug-likeness (QED) is 0.425. The van der Waals surface area contributed by atoms with Gasteiger partial charge in [-0.05, 0) is 63.1 Å². The van der Waals surface area contributed by atoms with Gasteiger partial charge < -0.3 is 9.47 Å². The Morgan fingerprint density at radius 2 is 1.91 bits per heavy atom. The number of thiazole rings is 1. The highest BCUT2D eigenvalue weighted by molar-refractivity contribution is 7.07. The summed E-state index contributed by atoms with van der Waals surface area (Å²) in [4.78, 5) is 31.9. The van der Waals surface area contributed by atoms with Gasteiger partial charge in [0.25, 0.3) is 5.56 Å². The molecular formula is C26H24Cl2N2O4S. The van der Waals surface area contributed by atoms with Crippen LogP contribution in [0, 0.1) is 0 Å². The molecule has 3 aromatic rings. The molecule has 35 heavy (non-hydrogen) atoms. The summed E-state index contributed by atoms with van der Waals surface area (Å²) < 4.78 is 13.1. The highest BCUT2D eigenvalue weighted by atomic mass is 35.5. The molecule has 2 heterocycles. The molecule has 0 saturated carbocycles. The van der Waals surface area contributed by atoms with Crippen molar-refractivity contribution in [3.05, 3.63) is 94.6 Å². The molecule has 0 spiro atoms. The van der Waals surface area contributed by atoms with Crippen LogP contribution in [0.1, 0.15) is 44.9 Å². The second-order valence-corrected chi connectivity index (χ2v) is 9.98. The van der Waals surface area contributed by atoms with E-state index in [9.17, 15) is 9.59 Å². The lowest BCUT2D eigenvalue weighted by Crippen LogP contribution is -2.40. The highest BCUT2D eigenvalue weighted by Crippen LogP contribution is 2.32. The van der Waals surface area contributed by atoms with Gasteiger partial charge in [0.15, 0.2) is 4.80 Å². The molecule has 1 aliphatic rings. The molecule has 0 fully saturated rings. The summed E-state index contributed by atoms with van der Waals surface area (Å²) in [7, 11) is 0. The van der Waals surface area contributed by atoms with Crippen LogP contribution in [0.4, 0.5) is 0 Å². The third-order valence-corrected chi connectivity index (χ3v) is 7.18. The Morgan fingerprint density at radius 3 is 2.57 bits per heavy atom. The second-order valence-electron chi connectivity index (χ2n) is 8.18. The van der Waals surface area contributed by atoms with Gasteiger partial charge in [-0.2, -0.15) is 0 Å². The van der Waals surface area contributed by atoms with Crippen LogP contribution in [0.5, 0.6) is 5.75 Å². The van der Waals surface area contributed by atoms with Crippen molar-refractivity contribution in [2.75, 3.05) is 6.61 Å². The Kier molecular flexibility index (Phi) is 7.50. The van der Waals surface area contributed by atoms with Gasteiger partial charge in [-0.1, -0.05) is 58.8 Å². The van der Waals surface area contributed by atoms with E-state index in [1.807, 2.05) is 31.2 Å². The van der Waals surface area contributed by atoms with Crippen molar-refractivity contribution in [3.8, 4) is 5.75 Å². The Morgan fingerprint density at radius 1 is 1.20 bits per heavy atom. The van der Waals surface area contributed by atoms with Gasteiger partial charge in [-0.3, -0.25) is 9.36 Å². The van der Waals surface area contributed by atoms with E-state index in [-0.39, 0.29) is 11.7 Å². The van der Waals surface area contributed by atoms with Gasteiger partial charge in [0.05, 0.1) is 44.6 Å². The number of allylic oxidation sites excluding steroid dienone is 1. The van der Waals surface area contributed by atoms with Crippen LogP contribution in [0.15, 0.2) is 63.5 Å². The SMILES string of the molecule is CCOc1ccc([C@H]2C(C(=O)OC(C)C)=C(C)N=c3s/c(=C/c4cccc(Cl)c4Cl)c(=O)n32)cc1. The third-order valence-electron chi connectivity index (χ3n) is 5.36. The molecule has 1 aromatic heterocycles. The number of carbonyl (C=O) groups is 1. The number of esters is 1. The monoisotopic (exact) mass is 530 g/mol. The standard InChI is InChI=1S/C26H24Cl2N2O4S/c1-5-33-18-11-9-16(10-12-18)23-21(25(32)34-14(2)3)15(4)29-26-30(23)24(31)20(35-26)13-17-7-6-8-19(27)22(17)28/h6-14,23H,5H2,1-4H3/b20-13+/t23-/m0/s1. The van der Waals surface area contributed by atoms with Gasteiger partial charge in [-0.15, -0.1) is 0 Å². The summed E-state index contributed by atoms with van der Waals surface area (Å²) in [6, 6.07) is 11.9. The first kappa shape index (κ1) is 25.2. The van der Waals surface area contributed by atoms with Crippen LogP contribution in [-0.4, -0.2) is 23.2 Å². The summed E-state index contributed by atoms with van der Waals surface area (Å²) in [5, 5.41) is 0.760. The number of nitrogens with zero attached hydrogens (tertiary/aromatic N) is 2. The minimum absolute atomic E-state index is 0.286. The van der Waals surface area contributed by atoms with Crippen LogP contribution in [-0.2, 0) is 9.53 Å². The number of aromatic nitrogens is 1. The number of benzene rings is 2. The largest absolute Gasteiger partial charge is 0.494 e. The van der Waals surface area contributed by atoms with Gasteiger partial charge in [0, 0.05) is 0 Å². The van der Waals surface area contributed by atoms with Crippen LogP contribution >= 0.6 is 34.5 Å². The first-order valence-electron chi connectivity index (χ1n) is 11.1. The summed E-state index contributed by atoms with van der Waals surface area (Å²) in [6.45, 7) is 7.76. The first-order valence-corrected chi connectivity index (χ1v) is 12.7. The van der Waals surface area contributed by atoms with E-state index < -0.39 is 12.0 Å². The van der Waals surface area contributed by atoms with E-state index >= 15 is 0 Å². The fourth-order valence-electron chi connectivity index (χ4n) is 3.86. The zero-order valence-corrected chi connectivity index (χ0v) is 22.0. The number of fused-ring (bicyclic) bond motifs is 1. The van der Waals surface area contributed by atoms with Crippen molar-refractivity contribution in [2.45, 2.75) is 39.8 Å². The molecular weight excluding hydrogens is 507 g/mol. The number of hydrogen-bond acceptors (Lipinski definition) is 6. The molecule has 0 N–H and O–H groups in total. The van der Waals surface area contributed by atoms with Gasteiger partial charge in [-0.25, -0.2) is 9.79 Å². The topological polar surface area (TPSA) is 69.9 Å². The van der Waals surface area contributed by atoms with E-state index in [1.54, 1.807) is 45.0 Å². The molecule has 0 aliphatic carbocycles. The maximum absolute atomic E-state index is 13.7. The third kappa shape index (κ3) is 5.08. The molecule has 1 aliphatic heterocycles. The molecule has 182 valence electrons. The summed E-state index contributed by atoms with van der Waals surface area (Å²) in [5.74, 6) is 0.193. The molecule has 0 radical (unpaired) electrons. The Labute approximate surface area is 216 Å². The molecule has 0 amide bonds. The zero-order chi connectivity index (χ0) is 25.3. The lowest BCUT2D eigenvalue weighted by atomic mass is 9.96. The normalized spacial score (nSPS) is 15.7. The molecule has 0 unspecified atom stereocenters. The van der Waals surface area contributed by atoms with Gasteiger partial charge in [0.1, 0.15) is 5.75 Å². The maximum Gasteiger partial charge on any atom is 0.338 e. The minimum atomic E-state index is -0.704. The average molecular weight is 531 g/mol. The van der Waals surface area contributed by atoms with E-state index in [0.717, 1.165) is 5.56 Å². The van der Waals surface area contributed by atoms with Gasteiger partial charge >= 0.3 is 5.97 Å². The summed E-state index contributed by atoms with van der Waals surface area (Å²) in [6.07, 6.45) is 1.37. The van der Waals surface area contributed by atoms with E-state index in [4.69, 9.17) is 32.7 Å². The molecule has 4 rings (SSSR count). The van der Waals surface area contributed by atoms with Crippen molar-refractivity contribution in [3.63, 3.8) is 0 Å². The van der Waals surface area contributed by atoms with Crippen molar-refractivity contribution < 1.29 is 14.3 Å². The predicted molar refractivity (Wildman–Crippen MR) is 139 cm³/mol. The molecule has 1 atom stereocenters. The molecule has 2 aromatic carbocycles. The fourth-order valence-corrected chi connectivity index (χ4v) is 5.26. The van der Waals surface area contributed by atoms with E-state index in [1.165, 1.54) is 15.9 Å². The molecule has 0 saturated heterocycles. The Hall–Kier alpha value is -2.87. The summed E-state index contributed by atoms with van der Waals surface area (Å²) >= 11 is 13.7. The van der Waals surface area contributed by atoms with Crippen molar-refractivity contribution in [1.29, 1.82) is 0 Å². The summed E-state index contributed by atoms with van der Waals surface area (Å²) in [5.41, 5.74) is 1.90. The highest BCUT2D eigenvalue weighted by Gasteiger charge is 2.33. The Bertz CT molecular complexity index is 1490. The number of carbonyl (C=O) groups excluding carboxylic acids is 1. The lowest BCUT2D eigenvalue weighted by Gasteiger charge is -2.25. The molecule has 6 nitrogen and oxygen atoms in total.